The first-order valence-electron chi connectivity index (χ1n) is 3.89. The zero-order valence-electron chi connectivity index (χ0n) is 7.28. The summed E-state index contributed by atoms with van der Waals surface area (Å²) in [4.78, 5) is 15.1. The average molecular weight is 211 g/mol. The van der Waals surface area contributed by atoms with E-state index in [0.29, 0.717) is 27.6 Å². The van der Waals surface area contributed by atoms with Gasteiger partial charge in [0.15, 0.2) is 11.3 Å². The number of carbonyl (C=O) groups excluding carboxylic acids is 1. The van der Waals surface area contributed by atoms with Crippen LogP contribution >= 0.6 is 11.3 Å². The second kappa shape index (κ2) is 3.34. The molecule has 2 rings (SSSR count). The summed E-state index contributed by atoms with van der Waals surface area (Å²) in [6.45, 7) is 1.75. The number of furan rings is 1. The van der Waals surface area contributed by atoms with Crippen molar-refractivity contribution in [1.82, 2.24) is 4.98 Å². The van der Waals surface area contributed by atoms with Gasteiger partial charge in [0.05, 0.1) is 10.6 Å². The van der Waals surface area contributed by atoms with Gasteiger partial charge in [0.25, 0.3) is 6.01 Å². The molecule has 2 aromatic heterocycles. The Morgan fingerprint density at radius 2 is 2.36 bits per heavy atom. The van der Waals surface area contributed by atoms with Crippen LogP contribution in [0.25, 0.3) is 10.6 Å². The van der Waals surface area contributed by atoms with Crippen LogP contribution in [0, 0.1) is 12.9 Å². The van der Waals surface area contributed by atoms with Gasteiger partial charge >= 0.3 is 0 Å². The zero-order chi connectivity index (χ0) is 10.1. The maximum absolute atomic E-state index is 12.6. The first kappa shape index (κ1) is 9.08. The minimum absolute atomic E-state index is 0.370. The average Bonchev–Trinajstić information content (AvgIpc) is 2.71. The van der Waals surface area contributed by atoms with Gasteiger partial charge in [0.1, 0.15) is 5.76 Å². The Labute approximate surface area is 83.2 Å². The number of thiazole rings is 1. The molecular weight excluding hydrogens is 205 g/mol. The Balaban J connectivity index is 2.50. The van der Waals surface area contributed by atoms with Crippen molar-refractivity contribution < 1.29 is 13.6 Å². The summed E-state index contributed by atoms with van der Waals surface area (Å²) in [6.07, 6.45) is 0.667. The molecule has 5 heteroatoms. The van der Waals surface area contributed by atoms with Gasteiger partial charge in [0, 0.05) is 6.07 Å². The van der Waals surface area contributed by atoms with Crippen LogP contribution in [0.4, 0.5) is 4.39 Å². The van der Waals surface area contributed by atoms with Crippen molar-refractivity contribution in [3.63, 3.8) is 0 Å². The number of nitrogens with zero attached hydrogens (tertiary/aromatic N) is 1. The number of aryl methyl sites for hydroxylation is 1. The normalized spacial score (nSPS) is 10.4. The second-order valence-electron chi connectivity index (χ2n) is 2.69. The smallest absolute Gasteiger partial charge is 0.278 e. The van der Waals surface area contributed by atoms with Gasteiger partial charge in [-0.1, -0.05) is 0 Å². The lowest BCUT2D eigenvalue weighted by atomic mass is 10.3. The van der Waals surface area contributed by atoms with Crippen LogP contribution in [-0.4, -0.2) is 11.3 Å². The highest BCUT2D eigenvalue weighted by Crippen LogP contribution is 2.30. The molecule has 2 heterocycles. The van der Waals surface area contributed by atoms with Crippen LogP contribution in [0.3, 0.4) is 0 Å². The van der Waals surface area contributed by atoms with Crippen molar-refractivity contribution in [3.05, 3.63) is 28.8 Å². The fraction of sp³-hybridized carbons (Fsp3) is 0.111. The lowest BCUT2D eigenvalue weighted by Gasteiger charge is -1.89. The number of aromatic nitrogens is 1. The van der Waals surface area contributed by atoms with Crippen LogP contribution in [0.15, 0.2) is 16.5 Å². The molecule has 0 bridgehead atoms. The molecule has 0 radical (unpaired) electrons. The monoisotopic (exact) mass is 211 g/mol. The Kier molecular flexibility index (Phi) is 2.17. The Bertz CT molecular complexity index is 475. The maximum Gasteiger partial charge on any atom is 0.278 e. The maximum atomic E-state index is 12.6. The van der Waals surface area contributed by atoms with Gasteiger partial charge in [-0.2, -0.15) is 4.39 Å². The number of aldehydes is 1. The van der Waals surface area contributed by atoms with E-state index in [1.54, 1.807) is 6.92 Å². The molecule has 0 aliphatic rings. The first-order chi connectivity index (χ1) is 6.70. The summed E-state index contributed by atoms with van der Waals surface area (Å²) in [7, 11) is 0. The van der Waals surface area contributed by atoms with Crippen molar-refractivity contribution in [2.75, 3.05) is 0 Å². The van der Waals surface area contributed by atoms with Crippen LogP contribution in [0.1, 0.15) is 15.5 Å². The molecule has 0 fully saturated rings. The van der Waals surface area contributed by atoms with Crippen molar-refractivity contribution >= 4 is 17.6 Å². The van der Waals surface area contributed by atoms with E-state index < -0.39 is 6.01 Å². The molecule has 0 aliphatic heterocycles. The fourth-order valence-electron chi connectivity index (χ4n) is 1.13. The number of hydrogen-bond acceptors (Lipinski definition) is 4. The van der Waals surface area contributed by atoms with E-state index in [2.05, 4.69) is 4.98 Å². The summed E-state index contributed by atoms with van der Waals surface area (Å²) in [6, 6.07) is 2.11. The van der Waals surface area contributed by atoms with E-state index in [1.807, 2.05) is 0 Å². The molecule has 0 atom stereocenters. The van der Waals surface area contributed by atoms with E-state index in [4.69, 9.17) is 4.42 Å². The van der Waals surface area contributed by atoms with Crippen LogP contribution in [0.5, 0.6) is 0 Å². The summed E-state index contributed by atoms with van der Waals surface area (Å²) >= 11 is 1.19. The van der Waals surface area contributed by atoms with Crippen molar-refractivity contribution in [2.45, 2.75) is 6.92 Å². The molecule has 0 unspecified atom stereocenters. The van der Waals surface area contributed by atoms with Gasteiger partial charge in [-0.3, -0.25) is 4.79 Å². The van der Waals surface area contributed by atoms with Gasteiger partial charge in [-0.15, -0.1) is 11.3 Å². The SMILES string of the molecule is Cc1nc(C=O)sc1-c1ccc(F)o1. The van der Waals surface area contributed by atoms with E-state index in [1.165, 1.54) is 23.5 Å². The Morgan fingerprint density at radius 3 is 2.86 bits per heavy atom. The molecule has 2 aromatic rings. The van der Waals surface area contributed by atoms with E-state index in [9.17, 15) is 9.18 Å². The molecular formula is C9H6FNO2S. The van der Waals surface area contributed by atoms with E-state index in [-0.39, 0.29) is 0 Å². The van der Waals surface area contributed by atoms with Crippen molar-refractivity contribution in [3.8, 4) is 10.6 Å². The van der Waals surface area contributed by atoms with Gasteiger partial charge < -0.3 is 4.42 Å². The largest absolute Gasteiger partial charge is 0.430 e. The highest BCUT2D eigenvalue weighted by molar-refractivity contribution is 7.16. The molecule has 0 saturated heterocycles. The molecule has 0 amide bonds. The lowest BCUT2D eigenvalue weighted by Crippen LogP contribution is -1.76. The predicted molar refractivity (Wildman–Crippen MR) is 49.9 cm³/mol. The van der Waals surface area contributed by atoms with E-state index >= 15 is 0 Å². The number of rotatable bonds is 2. The Hall–Kier alpha value is -1.49. The quantitative estimate of drug-likeness (QED) is 0.717. The van der Waals surface area contributed by atoms with E-state index in [0.717, 1.165) is 0 Å². The Morgan fingerprint density at radius 1 is 1.57 bits per heavy atom. The third-order valence-electron chi connectivity index (χ3n) is 1.71. The van der Waals surface area contributed by atoms with Crippen molar-refractivity contribution in [2.24, 2.45) is 0 Å². The summed E-state index contributed by atoms with van der Waals surface area (Å²) in [5, 5.41) is 0.370. The molecule has 3 nitrogen and oxygen atoms in total. The minimum atomic E-state index is -0.638. The number of halogens is 1. The van der Waals surface area contributed by atoms with Gasteiger partial charge in [-0.05, 0) is 13.0 Å². The highest BCUT2D eigenvalue weighted by Gasteiger charge is 2.12. The molecule has 0 aromatic carbocycles. The topological polar surface area (TPSA) is 43.1 Å². The summed E-state index contributed by atoms with van der Waals surface area (Å²) in [5.74, 6) is 0.408. The third kappa shape index (κ3) is 1.46. The van der Waals surface area contributed by atoms with Crippen LogP contribution in [0.2, 0.25) is 0 Å². The second-order valence-corrected chi connectivity index (χ2v) is 3.72. The molecule has 0 N–H and O–H groups in total. The zero-order valence-corrected chi connectivity index (χ0v) is 8.10. The van der Waals surface area contributed by atoms with Crippen LogP contribution in [-0.2, 0) is 0 Å². The number of carbonyl (C=O) groups is 1. The predicted octanol–water partition coefficient (Wildman–Crippen LogP) is 2.66. The fourth-order valence-corrected chi connectivity index (χ4v) is 1.98. The third-order valence-corrected chi connectivity index (χ3v) is 2.81. The van der Waals surface area contributed by atoms with Crippen molar-refractivity contribution in [1.29, 1.82) is 0 Å². The molecule has 0 saturated carbocycles. The van der Waals surface area contributed by atoms with Gasteiger partial charge in [-0.25, -0.2) is 4.98 Å². The molecule has 14 heavy (non-hydrogen) atoms. The lowest BCUT2D eigenvalue weighted by molar-refractivity contribution is 0.112. The summed E-state index contributed by atoms with van der Waals surface area (Å²) < 4.78 is 17.4. The standard InChI is InChI=1S/C9H6FNO2S/c1-5-9(14-8(4-12)11-5)6-2-3-7(10)13-6/h2-4H,1H3. The molecule has 72 valence electrons. The summed E-state index contributed by atoms with van der Waals surface area (Å²) in [5.41, 5.74) is 0.673. The van der Waals surface area contributed by atoms with Crippen LogP contribution < -0.4 is 0 Å². The molecule has 0 aliphatic carbocycles. The number of hydrogen-bond donors (Lipinski definition) is 0. The molecule has 0 spiro atoms. The highest BCUT2D eigenvalue weighted by atomic mass is 32.1. The van der Waals surface area contributed by atoms with Gasteiger partial charge in [0.2, 0.25) is 0 Å². The first-order valence-corrected chi connectivity index (χ1v) is 4.70. The minimum Gasteiger partial charge on any atom is -0.430 e.